The average molecular weight is 434 g/mol. The van der Waals surface area contributed by atoms with Crippen LogP contribution in [0.15, 0.2) is 24.3 Å². The molecule has 0 fully saturated rings. The third-order valence-corrected chi connectivity index (χ3v) is 5.68. The summed E-state index contributed by atoms with van der Waals surface area (Å²) in [5.74, 6) is -0.482. The summed E-state index contributed by atoms with van der Waals surface area (Å²) in [6.45, 7) is 6.91. The molecule has 1 aromatic carbocycles. The van der Waals surface area contributed by atoms with E-state index in [0.29, 0.717) is 28.4 Å². The third kappa shape index (κ3) is 4.82. The molecule has 0 bridgehead atoms. The highest BCUT2D eigenvalue weighted by Gasteiger charge is 2.24. The zero-order chi connectivity index (χ0) is 21.7. The number of likely N-dealkylation sites (N-methyl/N-ethyl adjacent to an activating group) is 1. The number of ether oxygens (including phenoxy) is 2. The van der Waals surface area contributed by atoms with E-state index in [2.05, 4.69) is 33.7 Å². The Bertz CT molecular complexity index is 1000. The van der Waals surface area contributed by atoms with Crippen molar-refractivity contribution in [2.75, 3.05) is 45.3 Å². The Labute approximate surface area is 178 Å². The minimum Gasteiger partial charge on any atom is -0.481 e. The number of thiazole rings is 1. The van der Waals surface area contributed by atoms with Crippen LogP contribution >= 0.6 is 11.3 Å². The van der Waals surface area contributed by atoms with Crippen molar-refractivity contribution < 1.29 is 18.7 Å². The fourth-order valence-electron chi connectivity index (χ4n) is 2.91. The molecule has 10 heteroatoms. The molecule has 3 rings (SSSR count). The number of nitrogens with zero attached hydrogens (tertiary/aromatic N) is 5. The van der Waals surface area contributed by atoms with E-state index in [0.717, 1.165) is 13.1 Å². The van der Waals surface area contributed by atoms with Gasteiger partial charge in [-0.1, -0.05) is 25.2 Å². The molecule has 0 spiro atoms. The van der Waals surface area contributed by atoms with Gasteiger partial charge in [-0.2, -0.15) is 9.97 Å². The van der Waals surface area contributed by atoms with Crippen molar-refractivity contribution in [1.29, 1.82) is 0 Å². The molecule has 0 N–H and O–H groups in total. The summed E-state index contributed by atoms with van der Waals surface area (Å²) in [7, 11) is 2.87. The topological polar surface area (TPSA) is 80.7 Å². The Kier molecular flexibility index (Phi) is 7.11. The molecule has 2 heterocycles. The number of fused-ring (bicyclic) bond motifs is 1. The summed E-state index contributed by atoms with van der Waals surface area (Å²) in [6.07, 6.45) is 0. The van der Waals surface area contributed by atoms with E-state index in [4.69, 9.17) is 9.47 Å². The molecule has 160 valence electrons. The minimum absolute atomic E-state index is 0.0350. The van der Waals surface area contributed by atoms with E-state index >= 15 is 0 Å². The van der Waals surface area contributed by atoms with Crippen LogP contribution in [0.4, 0.5) is 9.52 Å². The summed E-state index contributed by atoms with van der Waals surface area (Å²) in [5, 5.41) is 0.476. The van der Waals surface area contributed by atoms with Crippen molar-refractivity contribution in [1.82, 2.24) is 19.9 Å². The molecule has 0 saturated carbocycles. The van der Waals surface area contributed by atoms with Gasteiger partial charge in [0.15, 0.2) is 5.13 Å². The number of rotatable bonds is 9. The Hall–Kier alpha value is -2.85. The van der Waals surface area contributed by atoms with E-state index in [9.17, 15) is 9.18 Å². The molecule has 0 saturated heterocycles. The lowest BCUT2D eigenvalue weighted by Gasteiger charge is -2.24. The molecule has 0 aliphatic carbocycles. The third-order valence-electron chi connectivity index (χ3n) is 4.64. The van der Waals surface area contributed by atoms with E-state index in [1.54, 1.807) is 11.0 Å². The van der Waals surface area contributed by atoms with Gasteiger partial charge in [-0.05, 0) is 31.3 Å². The van der Waals surface area contributed by atoms with E-state index in [1.807, 2.05) is 0 Å². The number of anilines is 1. The molecule has 2 aromatic heterocycles. The molecule has 0 unspecified atom stereocenters. The highest BCUT2D eigenvalue weighted by Crippen LogP contribution is 2.30. The Morgan fingerprint density at radius 3 is 2.50 bits per heavy atom. The predicted octanol–water partition coefficient (Wildman–Crippen LogP) is 3.23. The maximum Gasteiger partial charge on any atom is 0.320 e. The van der Waals surface area contributed by atoms with Gasteiger partial charge >= 0.3 is 6.01 Å². The van der Waals surface area contributed by atoms with E-state index < -0.39 is 0 Å². The van der Waals surface area contributed by atoms with Crippen LogP contribution in [0.1, 0.15) is 24.3 Å². The Morgan fingerprint density at radius 2 is 1.83 bits per heavy atom. The highest BCUT2D eigenvalue weighted by atomic mass is 32.1. The zero-order valence-electron chi connectivity index (χ0n) is 17.4. The standard InChI is InChI=1S/C20H24FN5O3S/c1-5-25(6-2)9-10-26(20-23-14-8-7-13(21)11-16(14)30-20)18(27)15-12-17(28-3)24-19(22-15)29-4/h7-8,11-12H,5-6,9-10H2,1-4H3. The van der Waals surface area contributed by atoms with Crippen molar-refractivity contribution >= 4 is 32.6 Å². The minimum atomic E-state index is -0.360. The molecule has 30 heavy (non-hydrogen) atoms. The molecule has 0 aliphatic heterocycles. The van der Waals surface area contributed by atoms with Gasteiger partial charge in [0.1, 0.15) is 11.5 Å². The molecule has 0 radical (unpaired) electrons. The first-order valence-corrected chi connectivity index (χ1v) is 10.4. The maximum atomic E-state index is 13.6. The van der Waals surface area contributed by atoms with Crippen molar-refractivity contribution in [2.45, 2.75) is 13.8 Å². The number of methoxy groups -OCH3 is 2. The second-order valence-electron chi connectivity index (χ2n) is 6.37. The van der Waals surface area contributed by atoms with Gasteiger partial charge in [0.2, 0.25) is 5.88 Å². The van der Waals surface area contributed by atoms with Gasteiger partial charge in [-0.15, -0.1) is 0 Å². The quantitative estimate of drug-likeness (QED) is 0.512. The first-order chi connectivity index (χ1) is 14.5. The number of carbonyl (C=O) groups is 1. The maximum absolute atomic E-state index is 13.6. The zero-order valence-corrected chi connectivity index (χ0v) is 18.2. The summed E-state index contributed by atoms with van der Waals surface area (Å²) in [5.41, 5.74) is 0.763. The molecular formula is C20H24FN5O3S. The average Bonchev–Trinajstić information content (AvgIpc) is 3.18. The number of aromatic nitrogens is 3. The number of benzene rings is 1. The SMILES string of the molecule is CCN(CC)CCN(C(=O)c1cc(OC)nc(OC)n1)c1nc2ccc(F)cc2s1. The van der Waals surface area contributed by atoms with Gasteiger partial charge in [-0.25, -0.2) is 9.37 Å². The van der Waals surface area contributed by atoms with Crippen molar-refractivity contribution in [3.8, 4) is 11.9 Å². The van der Waals surface area contributed by atoms with Gasteiger partial charge in [0.05, 0.1) is 24.4 Å². The fraction of sp³-hybridized carbons (Fsp3) is 0.400. The lowest BCUT2D eigenvalue weighted by molar-refractivity contribution is 0.0977. The molecule has 8 nitrogen and oxygen atoms in total. The number of amides is 1. The molecule has 1 amide bonds. The summed E-state index contributed by atoms with van der Waals surface area (Å²) < 4.78 is 24.6. The van der Waals surface area contributed by atoms with Crippen LogP contribution in [-0.4, -0.2) is 66.2 Å². The van der Waals surface area contributed by atoms with Crippen LogP contribution in [0.2, 0.25) is 0 Å². The van der Waals surface area contributed by atoms with Crippen molar-refractivity contribution in [3.05, 3.63) is 35.8 Å². The molecular weight excluding hydrogens is 409 g/mol. The summed E-state index contributed by atoms with van der Waals surface area (Å²) >= 11 is 1.26. The normalized spacial score (nSPS) is 11.1. The van der Waals surface area contributed by atoms with Crippen LogP contribution in [-0.2, 0) is 0 Å². The Balaban J connectivity index is 2.00. The van der Waals surface area contributed by atoms with Gasteiger partial charge in [0.25, 0.3) is 5.91 Å². The second kappa shape index (κ2) is 9.77. The largest absolute Gasteiger partial charge is 0.481 e. The van der Waals surface area contributed by atoms with Crippen molar-refractivity contribution in [2.24, 2.45) is 0 Å². The number of halogens is 1. The summed E-state index contributed by atoms with van der Waals surface area (Å²) in [6, 6.07) is 5.87. The first kappa shape index (κ1) is 21.8. The van der Waals surface area contributed by atoms with Gasteiger partial charge in [-0.3, -0.25) is 9.69 Å². The Morgan fingerprint density at radius 1 is 1.07 bits per heavy atom. The molecule has 0 aliphatic rings. The van der Waals surface area contributed by atoms with Gasteiger partial charge in [0, 0.05) is 19.2 Å². The van der Waals surface area contributed by atoms with Crippen LogP contribution in [0.3, 0.4) is 0 Å². The van der Waals surface area contributed by atoms with Crippen LogP contribution in [0.25, 0.3) is 10.2 Å². The molecule has 0 atom stereocenters. The highest BCUT2D eigenvalue weighted by molar-refractivity contribution is 7.22. The fourth-order valence-corrected chi connectivity index (χ4v) is 3.93. The van der Waals surface area contributed by atoms with Crippen molar-refractivity contribution in [3.63, 3.8) is 0 Å². The number of hydrogen-bond donors (Lipinski definition) is 0. The van der Waals surface area contributed by atoms with Crippen LogP contribution in [0.5, 0.6) is 11.9 Å². The number of carbonyl (C=O) groups excluding carboxylic acids is 1. The summed E-state index contributed by atoms with van der Waals surface area (Å²) in [4.78, 5) is 29.9. The number of hydrogen-bond acceptors (Lipinski definition) is 8. The predicted molar refractivity (Wildman–Crippen MR) is 114 cm³/mol. The molecule has 3 aromatic rings. The van der Waals surface area contributed by atoms with E-state index in [-0.39, 0.29) is 29.3 Å². The lowest BCUT2D eigenvalue weighted by atomic mass is 10.3. The first-order valence-electron chi connectivity index (χ1n) is 9.56. The van der Waals surface area contributed by atoms with Crippen LogP contribution in [0, 0.1) is 5.82 Å². The van der Waals surface area contributed by atoms with Gasteiger partial charge < -0.3 is 14.4 Å². The van der Waals surface area contributed by atoms with Crippen LogP contribution < -0.4 is 14.4 Å². The monoisotopic (exact) mass is 433 g/mol. The second-order valence-corrected chi connectivity index (χ2v) is 7.38. The lowest BCUT2D eigenvalue weighted by Crippen LogP contribution is -2.39. The van der Waals surface area contributed by atoms with E-state index in [1.165, 1.54) is 43.8 Å². The smallest absolute Gasteiger partial charge is 0.320 e.